The number of nitrogens with zero attached hydrogens (tertiary/aromatic N) is 2. The van der Waals surface area contributed by atoms with Crippen molar-refractivity contribution < 1.29 is 103 Å². The summed E-state index contributed by atoms with van der Waals surface area (Å²) in [6, 6.07) is -8.44. The van der Waals surface area contributed by atoms with E-state index in [1.165, 1.54) is 31.2 Å². The molecule has 0 spiro atoms. The predicted molar refractivity (Wildman–Crippen MR) is 311 cm³/mol. The van der Waals surface area contributed by atoms with Crippen LogP contribution in [0.25, 0.3) is 0 Å². The highest BCUT2D eigenvalue weighted by Crippen LogP contribution is 2.27. The maximum atomic E-state index is 14.3. The van der Waals surface area contributed by atoms with Gasteiger partial charge in [0.15, 0.2) is 0 Å². The van der Waals surface area contributed by atoms with Crippen molar-refractivity contribution >= 4 is 89.1 Å². The predicted octanol–water partition coefficient (Wildman–Crippen LogP) is -6.04. The first-order valence-electron chi connectivity index (χ1n) is 28.8. The van der Waals surface area contributed by atoms with E-state index in [0.29, 0.717) is 37.5 Å². The molecule has 2 aliphatic heterocycles. The SMILES string of the molecule is CCCCC(NC(=O)C(CCC=O)NC(=O)C(Cc1ccc(O)cc1)NC(=O)C(CC(=O)O)NC(=O)C(CO)NC(=O)C(C)NC(=O)CN)C(=O)NC(CC(C)C)C(=O)NC(CSC1CC(=O)N(CCCCN2CC(O)C(O)C(O)C2CO)C1=O)C(=O)O. The molecule has 0 radical (unpaired) electrons. The van der Waals surface area contributed by atoms with Gasteiger partial charge in [0.1, 0.15) is 72.6 Å². The molecule has 1 aromatic rings. The van der Waals surface area contributed by atoms with E-state index in [9.17, 15) is 103 Å². The molecule has 0 aromatic heterocycles. The quantitative estimate of drug-likeness (QED) is 0.0166. The van der Waals surface area contributed by atoms with Crippen molar-refractivity contribution in [3.05, 3.63) is 29.8 Å². The highest BCUT2D eigenvalue weighted by Gasteiger charge is 2.43. The van der Waals surface area contributed by atoms with Gasteiger partial charge >= 0.3 is 11.9 Å². The van der Waals surface area contributed by atoms with Crippen LogP contribution in [0.2, 0.25) is 0 Å². The van der Waals surface area contributed by atoms with Crippen molar-refractivity contribution in [2.24, 2.45) is 11.7 Å². The molecule has 88 heavy (non-hydrogen) atoms. The monoisotopic (exact) mass is 1270 g/mol. The first-order chi connectivity index (χ1) is 41.6. The molecule has 0 bridgehead atoms. The first kappa shape index (κ1) is 74.9. The van der Waals surface area contributed by atoms with Gasteiger partial charge in [0.2, 0.25) is 59.1 Å². The van der Waals surface area contributed by atoms with Crippen LogP contribution in [0.4, 0.5) is 0 Å². The molecule has 0 saturated carbocycles. The number of aliphatic carboxylic acids is 2. The molecule has 2 aliphatic rings. The summed E-state index contributed by atoms with van der Waals surface area (Å²) in [7, 11) is 0. The Morgan fingerprint density at radius 3 is 1.78 bits per heavy atom. The summed E-state index contributed by atoms with van der Waals surface area (Å²) < 4.78 is 0. The van der Waals surface area contributed by atoms with Gasteiger partial charge in [-0.1, -0.05) is 45.7 Å². The van der Waals surface area contributed by atoms with E-state index in [4.69, 9.17) is 5.73 Å². The van der Waals surface area contributed by atoms with Gasteiger partial charge in [0.05, 0.1) is 43.6 Å². The summed E-state index contributed by atoms with van der Waals surface area (Å²) in [5.74, 6) is -13.3. The van der Waals surface area contributed by atoms with Gasteiger partial charge in [-0.2, -0.15) is 0 Å². The average Bonchev–Trinajstić information content (AvgIpc) is 3.26. The number of phenols is 1. The summed E-state index contributed by atoms with van der Waals surface area (Å²) in [5.41, 5.74) is 5.55. The number of aliphatic hydroxyl groups excluding tert-OH is 5. The van der Waals surface area contributed by atoms with Crippen LogP contribution in [0.3, 0.4) is 0 Å². The number of carbonyl (C=O) groups is 13. The van der Waals surface area contributed by atoms with Gasteiger partial charge in [-0.05, 0) is 69.2 Å². The zero-order chi connectivity index (χ0) is 65.9. The molecule has 18 N–H and O–H groups in total. The Morgan fingerprint density at radius 2 is 1.22 bits per heavy atom. The van der Waals surface area contributed by atoms with Gasteiger partial charge in [-0.3, -0.25) is 62.5 Å². The highest BCUT2D eigenvalue weighted by molar-refractivity contribution is 8.00. The molecule has 2 saturated heterocycles. The molecule has 1 aromatic carbocycles. The molecule has 32 nitrogen and oxygen atoms in total. The number of β-amino-alcohol motifs (C(OH)–C–C–N with tert-alkyl or cyclic N) is 1. The molecule has 10 amide bonds. The van der Waals surface area contributed by atoms with E-state index in [2.05, 4.69) is 42.5 Å². The van der Waals surface area contributed by atoms with Crippen LogP contribution < -0.4 is 48.3 Å². The van der Waals surface area contributed by atoms with Crippen molar-refractivity contribution in [1.82, 2.24) is 52.3 Å². The number of nitrogens with two attached hydrogens (primary N) is 1. The molecule has 33 heteroatoms. The van der Waals surface area contributed by atoms with Gasteiger partial charge in [-0.25, -0.2) is 4.79 Å². The second-order valence-electron chi connectivity index (χ2n) is 21.8. The number of hydrogen-bond acceptors (Lipinski definition) is 22. The number of aldehydes is 1. The number of unbranched alkanes of at least 4 members (excludes halogenated alkanes) is 2. The molecule has 13 unspecified atom stereocenters. The second-order valence-corrected chi connectivity index (χ2v) is 23.1. The van der Waals surface area contributed by atoms with Crippen LogP contribution in [-0.2, 0) is 68.7 Å². The number of benzene rings is 1. The lowest BCUT2D eigenvalue weighted by atomic mass is 9.94. The second kappa shape index (κ2) is 37.4. The zero-order valence-electron chi connectivity index (χ0n) is 49.5. The molecule has 492 valence electrons. The number of carbonyl (C=O) groups excluding carboxylic acids is 11. The maximum Gasteiger partial charge on any atom is 0.327 e. The van der Waals surface area contributed by atoms with Crippen molar-refractivity contribution in [3.8, 4) is 5.75 Å². The topological polar surface area (TPSA) is 512 Å². The number of likely N-dealkylation sites (tertiary alicyclic amines) is 2. The fraction of sp³-hybridized carbons (Fsp3) is 0.655. The van der Waals surface area contributed by atoms with Crippen molar-refractivity contribution in [3.63, 3.8) is 0 Å². The summed E-state index contributed by atoms with van der Waals surface area (Å²) in [6.07, 6.45) is -4.76. The zero-order valence-corrected chi connectivity index (χ0v) is 50.3. The van der Waals surface area contributed by atoms with E-state index in [0.717, 1.165) is 16.7 Å². The van der Waals surface area contributed by atoms with E-state index in [-0.39, 0.29) is 69.2 Å². The number of rotatable bonds is 39. The Kier molecular flexibility index (Phi) is 31.8. The number of imide groups is 1. The third kappa shape index (κ3) is 23.9. The van der Waals surface area contributed by atoms with E-state index < -0.39 is 182 Å². The van der Waals surface area contributed by atoms with Crippen molar-refractivity contribution in [2.75, 3.05) is 45.1 Å². The molecular formula is C55H85N11O21S. The fourth-order valence-electron chi connectivity index (χ4n) is 9.46. The minimum atomic E-state index is -1.99. The van der Waals surface area contributed by atoms with E-state index >= 15 is 0 Å². The molecule has 2 fully saturated rings. The van der Waals surface area contributed by atoms with Gasteiger partial charge < -0.3 is 93.9 Å². The molecule has 3 rings (SSSR count). The van der Waals surface area contributed by atoms with Crippen LogP contribution in [0.1, 0.15) is 97.5 Å². The van der Waals surface area contributed by atoms with Gasteiger partial charge in [-0.15, -0.1) is 11.8 Å². The molecule has 0 aliphatic carbocycles. The number of nitrogens with one attached hydrogen (secondary N) is 8. The highest BCUT2D eigenvalue weighted by atomic mass is 32.2. The van der Waals surface area contributed by atoms with Crippen LogP contribution >= 0.6 is 11.8 Å². The van der Waals surface area contributed by atoms with Crippen LogP contribution in [0.15, 0.2) is 24.3 Å². The lowest BCUT2D eigenvalue weighted by molar-refractivity contribution is -0.145. The van der Waals surface area contributed by atoms with Crippen LogP contribution in [0.5, 0.6) is 5.75 Å². The average molecular weight is 1270 g/mol. The number of aromatic hydroxyl groups is 1. The number of phenolic OH excluding ortho intramolecular Hbond substituents is 1. The minimum absolute atomic E-state index is 0.00416. The third-order valence-electron chi connectivity index (χ3n) is 14.4. The summed E-state index contributed by atoms with van der Waals surface area (Å²) in [4.78, 5) is 174. The maximum absolute atomic E-state index is 14.3. The Bertz CT molecular complexity index is 2580. The van der Waals surface area contributed by atoms with E-state index in [1.54, 1.807) is 25.7 Å². The van der Waals surface area contributed by atoms with Crippen LogP contribution in [-0.4, -0.2) is 251 Å². The minimum Gasteiger partial charge on any atom is -0.508 e. The fourth-order valence-corrected chi connectivity index (χ4v) is 10.6. The number of amides is 10. The summed E-state index contributed by atoms with van der Waals surface area (Å²) >= 11 is 0.826. The van der Waals surface area contributed by atoms with Crippen LogP contribution in [0, 0.1) is 5.92 Å². The number of hydrogen-bond donors (Lipinski definition) is 17. The first-order valence-corrected chi connectivity index (χ1v) is 29.9. The molecule has 2 heterocycles. The normalized spacial score (nSPS) is 20.4. The smallest absolute Gasteiger partial charge is 0.327 e. The molecule has 13 atom stereocenters. The van der Waals surface area contributed by atoms with E-state index in [1.807, 2.05) is 0 Å². The number of thioether (sulfide) groups is 1. The molecular weight excluding hydrogens is 1180 g/mol. The Morgan fingerprint density at radius 1 is 0.682 bits per heavy atom. The Balaban J connectivity index is 1.78. The summed E-state index contributed by atoms with van der Waals surface area (Å²) in [5, 5.41) is 97.8. The lowest BCUT2D eigenvalue weighted by Crippen LogP contribution is -2.62. The standard InChI is InChI=1S/C55H85N11O21S/c1-5-6-10-32(49(80)60-34(19-28(2)3)50(81)64-38(55(86)87)27-88-41-22-43(73)66(54(41)85)17-8-7-16-65-24-40(71)46(77)45(76)39(65)26-69)58-48(79)33(11-9-18-67)59-51(82)35(20-30-12-14-31(70)15-13-30)61-52(83)36(21-44(74)75)62-53(84)37(25-68)63-47(78)29(4)57-42(72)23-56/h12-15,18,28-29,32-41,45-46,68-71,76-77H,5-11,16-17,19-27,56H2,1-4H3,(H,57,72)(H,58,79)(H,59,82)(H,60,80)(H,61,83)(H,62,84)(H,63,78)(H,64,81)(H,74,75)(H,86,87). The van der Waals surface area contributed by atoms with Crippen molar-refractivity contribution in [2.45, 2.75) is 176 Å². The van der Waals surface area contributed by atoms with Gasteiger partial charge in [0.25, 0.3) is 0 Å². The van der Waals surface area contributed by atoms with Gasteiger partial charge in [0, 0.05) is 38.1 Å². The Labute approximate surface area is 511 Å². The lowest BCUT2D eigenvalue weighted by Gasteiger charge is -2.43. The number of piperidine rings is 1. The number of aliphatic hydroxyl groups is 5. The third-order valence-corrected chi connectivity index (χ3v) is 15.7. The number of carboxylic acid groups (broad SMARTS) is 2. The largest absolute Gasteiger partial charge is 0.508 e. The van der Waals surface area contributed by atoms with Crippen molar-refractivity contribution in [1.29, 1.82) is 0 Å². The number of carboxylic acids is 2. The summed E-state index contributed by atoms with van der Waals surface area (Å²) in [6.45, 7) is 4.64. The Hall–Kier alpha value is -7.40.